The molecule has 2 unspecified atom stereocenters. The second-order valence-electron chi connectivity index (χ2n) is 5.01. The molecule has 1 aliphatic heterocycles. The van der Waals surface area contributed by atoms with Crippen LogP contribution in [0.2, 0.25) is 0 Å². The zero-order valence-electron chi connectivity index (χ0n) is 11.2. The smallest absolute Gasteiger partial charge is 0.129 e. The highest BCUT2D eigenvalue weighted by atomic mass is 16.5. The fourth-order valence-corrected chi connectivity index (χ4v) is 2.25. The van der Waals surface area contributed by atoms with Crippen LogP contribution in [0.1, 0.15) is 50.5 Å². The highest BCUT2D eigenvalue weighted by molar-refractivity contribution is 5.75. The summed E-state index contributed by atoms with van der Waals surface area (Å²) >= 11 is 0. The van der Waals surface area contributed by atoms with E-state index in [0.29, 0.717) is 6.42 Å². The highest BCUT2D eigenvalue weighted by Crippen LogP contribution is 2.35. The molecule has 1 aliphatic rings. The van der Waals surface area contributed by atoms with Crippen LogP contribution in [0.25, 0.3) is 0 Å². The Kier molecular flexibility index (Phi) is 3.90. The molecule has 0 bridgehead atoms. The number of rotatable bonds is 5. The third-order valence-corrected chi connectivity index (χ3v) is 3.22. The summed E-state index contributed by atoms with van der Waals surface area (Å²) in [6.45, 7) is 5.61. The SMILES string of the molecule is CC(=O)CCC(C1=CCC(C)O1)c1ccc(C)o1. The Hall–Kier alpha value is -1.51. The molecule has 18 heavy (non-hydrogen) atoms. The Bertz CT molecular complexity index is 456. The van der Waals surface area contributed by atoms with Crippen LogP contribution in [0.4, 0.5) is 0 Å². The van der Waals surface area contributed by atoms with Gasteiger partial charge in [-0.15, -0.1) is 0 Å². The molecule has 3 nitrogen and oxygen atoms in total. The Morgan fingerprint density at radius 2 is 2.28 bits per heavy atom. The average Bonchev–Trinajstić information content (AvgIpc) is 2.89. The van der Waals surface area contributed by atoms with Gasteiger partial charge in [-0.05, 0) is 45.4 Å². The van der Waals surface area contributed by atoms with Gasteiger partial charge in [0.15, 0.2) is 0 Å². The zero-order chi connectivity index (χ0) is 13.1. The monoisotopic (exact) mass is 248 g/mol. The third kappa shape index (κ3) is 3.03. The molecule has 0 fully saturated rings. The fourth-order valence-electron chi connectivity index (χ4n) is 2.25. The molecule has 1 aromatic heterocycles. The van der Waals surface area contributed by atoms with Crippen LogP contribution in [0.3, 0.4) is 0 Å². The van der Waals surface area contributed by atoms with Crippen molar-refractivity contribution in [3.63, 3.8) is 0 Å². The number of carbonyl (C=O) groups excluding carboxylic acids is 1. The van der Waals surface area contributed by atoms with Gasteiger partial charge in [-0.3, -0.25) is 0 Å². The molecule has 2 atom stereocenters. The number of Topliss-reactive ketones (excluding diaryl/α,β-unsaturated/α-hetero) is 1. The van der Waals surface area contributed by atoms with E-state index in [-0.39, 0.29) is 17.8 Å². The quantitative estimate of drug-likeness (QED) is 0.797. The van der Waals surface area contributed by atoms with Crippen molar-refractivity contribution in [1.82, 2.24) is 0 Å². The third-order valence-electron chi connectivity index (χ3n) is 3.22. The lowest BCUT2D eigenvalue weighted by molar-refractivity contribution is -0.117. The van der Waals surface area contributed by atoms with Crippen LogP contribution in [0.5, 0.6) is 0 Å². The Labute approximate surface area is 108 Å². The maximum Gasteiger partial charge on any atom is 0.129 e. The maximum absolute atomic E-state index is 11.2. The summed E-state index contributed by atoms with van der Waals surface area (Å²) in [5.41, 5.74) is 0. The average molecular weight is 248 g/mol. The Balaban J connectivity index is 2.15. The number of hydrogen-bond donors (Lipinski definition) is 0. The number of furan rings is 1. The van der Waals surface area contributed by atoms with Gasteiger partial charge in [0.05, 0.1) is 12.0 Å². The van der Waals surface area contributed by atoms with Gasteiger partial charge in [-0.1, -0.05) is 0 Å². The van der Waals surface area contributed by atoms with Crippen molar-refractivity contribution in [3.05, 3.63) is 35.5 Å². The number of hydrogen-bond acceptors (Lipinski definition) is 3. The summed E-state index contributed by atoms with van der Waals surface area (Å²) < 4.78 is 11.5. The number of aryl methyl sites for hydroxylation is 1. The maximum atomic E-state index is 11.2. The lowest BCUT2D eigenvalue weighted by atomic mass is 9.96. The lowest BCUT2D eigenvalue weighted by Crippen LogP contribution is -2.07. The molecule has 0 N–H and O–H groups in total. The summed E-state index contributed by atoms with van der Waals surface area (Å²) in [4.78, 5) is 11.2. The molecule has 0 radical (unpaired) electrons. The minimum atomic E-state index is 0.0764. The standard InChI is InChI=1S/C15H20O3/c1-10(16)4-7-13(14-8-5-11(2)17-14)15-9-6-12(3)18-15/h5,8-9,12-13H,4,6-7H2,1-3H3. The van der Waals surface area contributed by atoms with Crippen molar-refractivity contribution in [1.29, 1.82) is 0 Å². The van der Waals surface area contributed by atoms with Gasteiger partial charge in [-0.25, -0.2) is 0 Å². The fraction of sp³-hybridized carbons (Fsp3) is 0.533. The van der Waals surface area contributed by atoms with Crippen LogP contribution in [0.15, 0.2) is 28.4 Å². The van der Waals surface area contributed by atoms with Crippen LogP contribution in [0, 0.1) is 6.92 Å². The van der Waals surface area contributed by atoms with E-state index in [1.54, 1.807) is 6.92 Å². The number of ether oxygens (including phenoxy) is 1. The first-order valence-corrected chi connectivity index (χ1v) is 6.48. The van der Waals surface area contributed by atoms with E-state index in [1.165, 1.54) is 0 Å². The van der Waals surface area contributed by atoms with Gasteiger partial charge in [0.1, 0.15) is 23.1 Å². The van der Waals surface area contributed by atoms with E-state index in [4.69, 9.17) is 9.15 Å². The minimum absolute atomic E-state index is 0.0764. The minimum Gasteiger partial charge on any atom is -0.494 e. The zero-order valence-corrected chi connectivity index (χ0v) is 11.2. The Morgan fingerprint density at radius 1 is 1.50 bits per heavy atom. The van der Waals surface area contributed by atoms with E-state index in [9.17, 15) is 4.79 Å². The Morgan fingerprint density at radius 3 is 2.78 bits per heavy atom. The van der Waals surface area contributed by atoms with Crippen LogP contribution >= 0.6 is 0 Å². The molecule has 0 aromatic carbocycles. The molecule has 2 heterocycles. The second-order valence-corrected chi connectivity index (χ2v) is 5.01. The highest BCUT2D eigenvalue weighted by Gasteiger charge is 2.26. The van der Waals surface area contributed by atoms with Gasteiger partial charge < -0.3 is 13.9 Å². The van der Waals surface area contributed by atoms with Gasteiger partial charge >= 0.3 is 0 Å². The number of ketones is 1. The van der Waals surface area contributed by atoms with E-state index >= 15 is 0 Å². The molecular formula is C15H20O3. The van der Waals surface area contributed by atoms with Crippen molar-refractivity contribution in [3.8, 4) is 0 Å². The molecule has 1 aromatic rings. The predicted octanol–water partition coefficient (Wildman–Crippen LogP) is 3.73. The molecule has 0 aliphatic carbocycles. The van der Waals surface area contributed by atoms with Crippen molar-refractivity contribution < 1.29 is 13.9 Å². The molecule has 0 spiro atoms. The molecule has 98 valence electrons. The van der Waals surface area contributed by atoms with Crippen LogP contribution in [-0.4, -0.2) is 11.9 Å². The van der Waals surface area contributed by atoms with Crippen LogP contribution < -0.4 is 0 Å². The predicted molar refractivity (Wildman–Crippen MR) is 69.3 cm³/mol. The lowest BCUT2D eigenvalue weighted by Gasteiger charge is -2.17. The normalized spacial score (nSPS) is 20.4. The molecule has 2 rings (SSSR count). The largest absolute Gasteiger partial charge is 0.494 e. The summed E-state index contributed by atoms with van der Waals surface area (Å²) in [5, 5.41) is 0. The first kappa shape index (κ1) is 12.9. The molecule has 0 saturated carbocycles. The summed E-state index contributed by atoms with van der Waals surface area (Å²) in [6.07, 6.45) is 4.59. The first-order chi connectivity index (χ1) is 8.56. The molecule has 0 amide bonds. The van der Waals surface area contributed by atoms with E-state index in [1.807, 2.05) is 19.1 Å². The van der Waals surface area contributed by atoms with Crippen molar-refractivity contribution in [2.45, 2.75) is 52.1 Å². The molecule has 0 saturated heterocycles. The van der Waals surface area contributed by atoms with Crippen molar-refractivity contribution in [2.24, 2.45) is 0 Å². The van der Waals surface area contributed by atoms with Gasteiger partial charge in [-0.2, -0.15) is 0 Å². The molecule has 3 heteroatoms. The molecular weight excluding hydrogens is 228 g/mol. The van der Waals surface area contributed by atoms with Crippen molar-refractivity contribution >= 4 is 5.78 Å². The summed E-state index contributed by atoms with van der Waals surface area (Å²) in [6, 6.07) is 3.93. The topological polar surface area (TPSA) is 39.4 Å². The van der Waals surface area contributed by atoms with E-state index in [2.05, 4.69) is 13.0 Å². The summed E-state index contributed by atoms with van der Waals surface area (Å²) in [7, 11) is 0. The van der Waals surface area contributed by atoms with E-state index < -0.39 is 0 Å². The number of carbonyl (C=O) groups is 1. The summed E-state index contributed by atoms with van der Waals surface area (Å²) in [5.74, 6) is 3.03. The van der Waals surface area contributed by atoms with Gasteiger partial charge in [0.25, 0.3) is 0 Å². The van der Waals surface area contributed by atoms with Gasteiger partial charge in [0, 0.05) is 12.8 Å². The van der Waals surface area contributed by atoms with Crippen molar-refractivity contribution in [2.75, 3.05) is 0 Å². The second kappa shape index (κ2) is 5.42. The van der Waals surface area contributed by atoms with E-state index in [0.717, 1.165) is 30.1 Å². The van der Waals surface area contributed by atoms with Crippen LogP contribution in [-0.2, 0) is 9.53 Å². The number of allylic oxidation sites excluding steroid dienone is 1. The van der Waals surface area contributed by atoms with Gasteiger partial charge in [0.2, 0.25) is 0 Å². The first-order valence-electron chi connectivity index (χ1n) is 6.48.